The normalized spacial score (nSPS) is 33.8. The second kappa shape index (κ2) is 14.5. The molecule has 6 nitrogen and oxygen atoms in total. The molecule has 0 aliphatic carbocycles. The lowest BCUT2D eigenvalue weighted by atomic mass is 9.80. The molecular weight excluding hydrogens is 480 g/mol. The van der Waals surface area contributed by atoms with Crippen LogP contribution in [0, 0.1) is 29.1 Å². The van der Waals surface area contributed by atoms with Gasteiger partial charge in [0.05, 0.1) is 24.7 Å². The molecule has 0 radical (unpaired) electrons. The molecular formula is C32H52O6. The van der Waals surface area contributed by atoms with E-state index in [1.807, 2.05) is 52.0 Å². The Labute approximate surface area is 230 Å². The Hall–Kier alpha value is -1.92. The first-order valence-electron chi connectivity index (χ1n) is 14.5. The van der Waals surface area contributed by atoms with Gasteiger partial charge in [0.15, 0.2) is 0 Å². The summed E-state index contributed by atoms with van der Waals surface area (Å²) in [6.07, 6.45) is 12.2. The van der Waals surface area contributed by atoms with Gasteiger partial charge in [-0.3, -0.25) is 9.59 Å². The van der Waals surface area contributed by atoms with Crippen LogP contribution in [0.3, 0.4) is 0 Å². The van der Waals surface area contributed by atoms with Crippen molar-refractivity contribution in [1.82, 2.24) is 0 Å². The topological polar surface area (TPSA) is 85.4 Å². The monoisotopic (exact) mass is 532 g/mol. The van der Waals surface area contributed by atoms with Gasteiger partial charge in [0.25, 0.3) is 0 Å². The highest BCUT2D eigenvalue weighted by molar-refractivity contribution is 5.70. The number of cyclic esters (lactones) is 1. The van der Waals surface area contributed by atoms with E-state index >= 15 is 0 Å². The zero-order valence-corrected chi connectivity index (χ0v) is 25.1. The zero-order valence-electron chi connectivity index (χ0n) is 25.1. The first-order chi connectivity index (χ1) is 17.7. The molecule has 0 bridgehead atoms. The van der Waals surface area contributed by atoms with E-state index in [4.69, 9.17) is 14.2 Å². The molecule has 9 unspecified atom stereocenters. The van der Waals surface area contributed by atoms with Crippen molar-refractivity contribution in [3.8, 4) is 0 Å². The van der Waals surface area contributed by atoms with Gasteiger partial charge in [-0.25, -0.2) is 0 Å². The number of aliphatic hydroxyl groups is 1. The van der Waals surface area contributed by atoms with Crippen LogP contribution in [0.2, 0.25) is 0 Å². The van der Waals surface area contributed by atoms with E-state index in [-0.39, 0.29) is 23.7 Å². The number of hydrogen-bond donors (Lipinski definition) is 1. The van der Waals surface area contributed by atoms with Crippen molar-refractivity contribution >= 4 is 11.9 Å². The first-order valence-corrected chi connectivity index (χ1v) is 14.5. The van der Waals surface area contributed by atoms with Gasteiger partial charge in [0.2, 0.25) is 0 Å². The number of ether oxygens (including phenoxy) is 3. The standard InChI is InChI=1S/C32H52O6/c1-10-21(3)24(6)31-27(37-31)18-20(2)12-11-13-22(4)30-23(5)14-15-28(36-25(7)33)32(8,9)17-16-26(34)19-29(35)38-30/h11-15,20-21,23-24,26-28,30-31,34H,10,16-19H2,1-9H3/b12-11+,15-14-,22-13+. The van der Waals surface area contributed by atoms with Crippen molar-refractivity contribution in [1.29, 1.82) is 0 Å². The molecule has 2 aliphatic heterocycles. The minimum Gasteiger partial charge on any atom is -0.458 e. The van der Waals surface area contributed by atoms with Crippen LogP contribution >= 0.6 is 0 Å². The van der Waals surface area contributed by atoms with E-state index < -0.39 is 24.3 Å². The van der Waals surface area contributed by atoms with E-state index in [1.165, 1.54) is 13.3 Å². The van der Waals surface area contributed by atoms with Gasteiger partial charge in [0.1, 0.15) is 12.2 Å². The van der Waals surface area contributed by atoms with Crippen LogP contribution in [-0.4, -0.2) is 47.6 Å². The second-order valence-corrected chi connectivity index (χ2v) is 12.5. The van der Waals surface area contributed by atoms with Crippen molar-refractivity contribution < 1.29 is 28.9 Å². The minimum absolute atomic E-state index is 0.0565. The van der Waals surface area contributed by atoms with Crippen molar-refractivity contribution in [3.05, 3.63) is 36.0 Å². The summed E-state index contributed by atoms with van der Waals surface area (Å²) in [7, 11) is 0. The molecule has 2 heterocycles. The Bertz CT molecular complexity index is 871. The van der Waals surface area contributed by atoms with Crippen molar-refractivity contribution in [3.63, 3.8) is 0 Å². The number of hydrogen-bond acceptors (Lipinski definition) is 6. The molecule has 1 N–H and O–H groups in total. The summed E-state index contributed by atoms with van der Waals surface area (Å²) in [6.45, 7) is 18.4. The van der Waals surface area contributed by atoms with Crippen molar-refractivity contribution in [2.45, 2.75) is 125 Å². The summed E-state index contributed by atoms with van der Waals surface area (Å²) >= 11 is 0. The highest BCUT2D eigenvalue weighted by Crippen LogP contribution is 2.38. The second-order valence-electron chi connectivity index (χ2n) is 12.5. The van der Waals surface area contributed by atoms with Crippen LogP contribution in [0.15, 0.2) is 36.0 Å². The third kappa shape index (κ3) is 10.00. The number of esters is 2. The Balaban J connectivity index is 2.12. The van der Waals surface area contributed by atoms with Gasteiger partial charge in [-0.15, -0.1) is 0 Å². The maximum atomic E-state index is 12.7. The van der Waals surface area contributed by atoms with E-state index in [2.05, 4.69) is 33.8 Å². The number of epoxide rings is 1. The molecule has 2 rings (SSSR count). The summed E-state index contributed by atoms with van der Waals surface area (Å²) in [4.78, 5) is 24.4. The van der Waals surface area contributed by atoms with Crippen LogP contribution < -0.4 is 0 Å². The van der Waals surface area contributed by atoms with Crippen molar-refractivity contribution in [2.75, 3.05) is 0 Å². The lowest BCUT2D eigenvalue weighted by molar-refractivity contribution is -0.151. The SMILES string of the molecule is CCC(C)C(C)C1OC1CC(C)/C=C/C=C(\C)C1OC(=O)CC(O)CCC(C)(C)C(OC(C)=O)/C=C\C1C. The Morgan fingerprint density at radius 3 is 2.55 bits per heavy atom. The van der Waals surface area contributed by atoms with Gasteiger partial charge in [-0.05, 0) is 55.6 Å². The Morgan fingerprint density at radius 1 is 1.24 bits per heavy atom. The number of rotatable bonds is 9. The highest BCUT2D eigenvalue weighted by atomic mass is 16.6. The molecule has 0 aromatic carbocycles. The molecule has 6 heteroatoms. The van der Waals surface area contributed by atoms with Crippen molar-refractivity contribution in [2.24, 2.45) is 29.1 Å². The lowest BCUT2D eigenvalue weighted by Gasteiger charge is -2.33. The van der Waals surface area contributed by atoms with Crippen LogP contribution in [0.25, 0.3) is 0 Å². The molecule has 1 fully saturated rings. The summed E-state index contributed by atoms with van der Waals surface area (Å²) in [5.74, 6) is 0.727. The predicted octanol–water partition coefficient (Wildman–Crippen LogP) is 6.57. The molecule has 0 spiro atoms. The van der Waals surface area contributed by atoms with Gasteiger partial charge in [-0.1, -0.05) is 79.2 Å². The highest BCUT2D eigenvalue weighted by Gasteiger charge is 2.44. The number of carbonyl (C=O) groups excluding carboxylic acids is 2. The average molecular weight is 533 g/mol. The zero-order chi connectivity index (χ0) is 28.6. The minimum atomic E-state index is -0.805. The molecule has 0 saturated carbocycles. The van der Waals surface area contributed by atoms with Crippen LogP contribution in [0.1, 0.15) is 94.4 Å². The van der Waals surface area contributed by atoms with Gasteiger partial charge >= 0.3 is 11.9 Å². The van der Waals surface area contributed by atoms with E-state index in [0.29, 0.717) is 42.8 Å². The maximum Gasteiger partial charge on any atom is 0.309 e. The average Bonchev–Trinajstić information content (AvgIpc) is 3.60. The lowest BCUT2D eigenvalue weighted by Crippen LogP contribution is -2.35. The van der Waals surface area contributed by atoms with E-state index in [1.54, 1.807) is 0 Å². The van der Waals surface area contributed by atoms with Gasteiger partial charge in [0, 0.05) is 18.3 Å². The van der Waals surface area contributed by atoms with Gasteiger partial charge in [-0.2, -0.15) is 0 Å². The Kier molecular flexibility index (Phi) is 12.3. The van der Waals surface area contributed by atoms with Gasteiger partial charge < -0.3 is 19.3 Å². The summed E-state index contributed by atoms with van der Waals surface area (Å²) in [5.41, 5.74) is 0.529. The third-order valence-electron chi connectivity index (χ3n) is 8.45. The molecule has 0 amide bonds. The van der Waals surface area contributed by atoms with Crippen LogP contribution in [0.5, 0.6) is 0 Å². The fraction of sp³-hybridized carbons (Fsp3) is 0.750. The smallest absolute Gasteiger partial charge is 0.309 e. The molecule has 2 aliphatic rings. The summed E-state index contributed by atoms with van der Waals surface area (Å²) in [6, 6.07) is 0. The maximum absolute atomic E-state index is 12.7. The molecule has 38 heavy (non-hydrogen) atoms. The first kappa shape index (κ1) is 32.3. The van der Waals surface area contributed by atoms with Crippen LogP contribution in [0.4, 0.5) is 0 Å². The van der Waals surface area contributed by atoms with E-state index in [0.717, 1.165) is 12.0 Å². The number of allylic oxidation sites excluding steroid dienone is 3. The third-order valence-corrected chi connectivity index (χ3v) is 8.45. The van der Waals surface area contributed by atoms with Crippen LogP contribution in [-0.2, 0) is 23.8 Å². The molecule has 0 aromatic rings. The number of carbonyl (C=O) groups is 2. The Morgan fingerprint density at radius 2 is 1.92 bits per heavy atom. The van der Waals surface area contributed by atoms with E-state index in [9.17, 15) is 14.7 Å². The molecule has 1 saturated heterocycles. The largest absolute Gasteiger partial charge is 0.458 e. The summed E-state index contributed by atoms with van der Waals surface area (Å²) < 4.78 is 17.5. The molecule has 216 valence electrons. The molecule has 9 atom stereocenters. The molecule has 0 aromatic heterocycles. The quantitative estimate of drug-likeness (QED) is 0.156. The fourth-order valence-corrected chi connectivity index (χ4v) is 5.24. The summed E-state index contributed by atoms with van der Waals surface area (Å²) in [5, 5.41) is 10.5. The predicted molar refractivity (Wildman–Crippen MR) is 151 cm³/mol. The fourth-order valence-electron chi connectivity index (χ4n) is 5.24. The number of aliphatic hydroxyl groups excluding tert-OH is 1.